The van der Waals surface area contributed by atoms with Crippen molar-refractivity contribution in [2.75, 3.05) is 20.1 Å². The average molecular weight is 243 g/mol. The maximum Gasteiger partial charge on any atom is -0.00192 e. The highest BCUT2D eigenvalue weighted by molar-refractivity contribution is 4.65. The number of hydrogen-bond acceptors (Lipinski definition) is 1. The van der Waals surface area contributed by atoms with Crippen molar-refractivity contribution >= 4 is 0 Å². The van der Waals surface area contributed by atoms with E-state index in [0.717, 1.165) is 12.3 Å². The Labute approximate surface area is 111 Å². The molecule has 0 N–H and O–H groups in total. The third-order valence-electron chi connectivity index (χ3n) is 2.50. The SMILES string of the molecule is C=CCCC.CC.CC.CC1CCN(C)CC1. The number of unbranched alkanes of at least 4 members (excludes halogenated alkanes) is 1. The molecule has 1 rings (SSSR count). The predicted octanol–water partition coefficient (Wildman–Crippen LogP) is 5.37. The first-order valence-electron chi connectivity index (χ1n) is 7.50. The lowest BCUT2D eigenvalue weighted by atomic mass is 10.00. The summed E-state index contributed by atoms with van der Waals surface area (Å²) in [7, 11) is 2.20. The Morgan fingerprint density at radius 2 is 1.53 bits per heavy atom. The van der Waals surface area contributed by atoms with E-state index in [1.54, 1.807) is 0 Å². The fourth-order valence-corrected chi connectivity index (χ4v) is 1.34. The molecule has 1 heterocycles. The summed E-state index contributed by atoms with van der Waals surface area (Å²) in [6.07, 6.45) is 7.11. The van der Waals surface area contributed by atoms with Crippen LogP contribution in [0, 0.1) is 5.92 Å². The Hall–Kier alpha value is -0.300. The summed E-state index contributed by atoms with van der Waals surface area (Å²) in [6.45, 7) is 18.6. The molecule has 1 saturated heterocycles. The van der Waals surface area contributed by atoms with Gasteiger partial charge in [0.05, 0.1) is 0 Å². The highest BCUT2D eigenvalue weighted by Gasteiger charge is 2.10. The Bertz CT molecular complexity index is 103. The summed E-state index contributed by atoms with van der Waals surface area (Å²) >= 11 is 0. The number of likely N-dealkylation sites (tertiary alicyclic amines) is 1. The second kappa shape index (κ2) is 21.0. The number of hydrogen-bond donors (Lipinski definition) is 0. The van der Waals surface area contributed by atoms with Gasteiger partial charge in [-0.05, 0) is 45.3 Å². The monoisotopic (exact) mass is 243 g/mol. The fourth-order valence-electron chi connectivity index (χ4n) is 1.34. The molecule has 106 valence electrons. The zero-order valence-electron chi connectivity index (χ0n) is 13.6. The average Bonchev–Trinajstić information content (AvgIpc) is 2.40. The van der Waals surface area contributed by atoms with Crippen LogP contribution in [0.25, 0.3) is 0 Å². The number of rotatable bonds is 2. The van der Waals surface area contributed by atoms with E-state index in [1.165, 1.54) is 32.4 Å². The molecule has 0 unspecified atom stereocenters. The van der Waals surface area contributed by atoms with E-state index in [1.807, 2.05) is 33.8 Å². The molecule has 0 aliphatic carbocycles. The molecule has 0 spiro atoms. The minimum Gasteiger partial charge on any atom is -0.306 e. The van der Waals surface area contributed by atoms with Crippen LogP contribution in [0.15, 0.2) is 12.7 Å². The topological polar surface area (TPSA) is 3.24 Å². The van der Waals surface area contributed by atoms with Gasteiger partial charge in [-0.2, -0.15) is 0 Å². The van der Waals surface area contributed by atoms with Crippen LogP contribution >= 0.6 is 0 Å². The summed E-state index contributed by atoms with van der Waals surface area (Å²) in [6, 6.07) is 0. The first-order chi connectivity index (χ1) is 8.20. The van der Waals surface area contributed by atoms with E-state index in [2.05, 4.69) is 32.4 Å². The molecular formula is C16H37N. The zero-order chi connectivity index (χ0) is 14.1. The molecule has 1 aliphatic heterocycles. The molecule has 0 amide bonds. The minimum absolute atomic E-state index is 0.978. The van der Waals surface area contributed by atoms with Crippen LogP contribution < -0.4 is 0 Å². The third-order valence-corrected chi connectivity index (χ3v) is 2.50. The van der Waals surface area contributed by atoms with Crippen molar-refractivity contribution in [2.24, 2.45) is 5.92 Å². The van der Waals surface area contributed by atoms with E-state index in [9.17, 15) is 0 Å². The van der Waals surface area contributed by atoms with Crippen molar-refractivity contribution in [3.05, 3.63) is 12.7 Å². The van der Waals surface area contributed by atoms with E-state index in [-0.39, 0.29) is 0 Å². The summed E-state index contributed by atoms with van der Waals surface area (Å²) in [5.41, 5.74) is 0. The van der Waals surface area contributed by atoms with Gasteiger partial charge in [-0.15, -0.1) is 6.58 Å². The molecule has 1 aliphatic rings. The van der Waals surface area contributed by atoms with Crippen LogP contribution in [0.3, 0.4) is 0 Å². The van der Waals surface area contributed by atoms with Gasteiger partial charge in [-0.25, -0.2) is 0 Å². The molecular weight excluding hydrogens is 206 g/mol. The van der Waals surface area contributed by atoms with Crippen molar-refractivity contribution in [3.8, 4) is 0 Å². The van der Waals surface area contributed by atoms with Crippen LogP contribution in [0.2, 0.25) is 0 Å². The molecule has 0 atom stereocenters. The zero-order valence-corrected chi connectivity index (χ0v) is 13.6. The van der Waals surface area contributed by atoms with Crippen LogP contribution in [-0.4, -0.2) is 25.0 Å². The quantitative estimate of drug-likeness (QED) is 0.589. The molecule has 17 heavy (non-hydrogen) atoms. The predicted molar refractivity (Wildman–Crippen MR) is 83.7 cm³/mol. The number of piperidine rings is 1. The molecule has 0 bridgehead atoms. The van der Waals surface area contributed by atoms with Gasteiger partial charge in [0.15, 0.2) is 0 Å². The molecule has 0 radical (unpaired) electrons. The molecule has 0 aromatic rings. The summed E-state index contributed by atoms with van der Waals surface area (Å²) < 4.78 is 0. The Balaban J connectivity index is -0.000000190. The highest BCUT2D eigenvalue weighted by Crippen LogP contribution is 2.13. The van der Waals surface area contributed by atoms with Gasteiger partial charge in [0.1, 0.15) is 0 Å². The van der Waals surface area contributed by atoms with E-state index in [0.29, 0.717) is 0 Å². The highest BCUT2D eigenvalue weighted by atomic mass is 15.1. The summed E-state index contributed by atoms with van der Waals surface area (Å²) in [4.78, 5) is 2.40. The van der Waals surface area contributed by atoms with E-state index >= 15 is 0 Å². The Morgan fingerprint density at radius 1 is 1.12 bits per heavy atom. The molecule has 1 fully saturated rings. The Kier molecular flexibility index (Phi) is 27.1. The summed E-state index contributed by atoms with van der Waals surface area (Å²) in [5.74, 6) is 0.978. The van der Waals surface area contributed by atoms with Gasteiger partial charge in [-0.3, -0.25) is 0 Å². The van der Waals surface area contributed by atoms with Gasteiger partial charge in [0.25, 0.3) is 0 Å². The lowest BCUT2D eigenvalue weighted by Crippen LogP contribution is -2.28. The third kappa shape index (κ3) is 21.5. The first kappa shape index (κ1) is 21.9. The number of nitrogens with zero attached hydrogens (tertiary/aromatic N) is 1. The second-order valence-corrected chi connectivity index (χ2v) is 4.06. The fraction of sp³-hybridized carbons (Fsp3) is 0.875. The maximum atomic E-state index is 3.55. The smallest absolute Gasteiger partial charge is 0.00192 e. The standard InChI is InChI=1S/C7H15N.C5H10.2C2H6/c1-7-3-5-8(2)6-4-7;1-3-5-4-2;2*1-2/h7H,3-6H2,1-2H3;3H,1,4-5H2,2H3;2*1-2H3. The van der Waals surface area contributed by atoms with E-state index in [4.69, 9.17) is 0 Å². The van der Waals surface area contributed by atoms with Gasteiger partial charge >= 0.3 is 0 Å². The molecule has 1 nitrogen and oxygen atoms in total. The normalized spacial score (nSPS) is 15.2. The lowest BCUT2D eigenvalue weighted by Gasteiger charge is -2.26. The van der Waals surface area contributed by atoms with Gasteiger partial charge in [0, 0.05) is 0 Å². The van der Waals surface area contributed by atoms with Gasteiger partial charge in [0.2, 0.25) is 0 Å². The number of allylic oxidation sites excluding steroid dienone is 1. The molecule has 0 saturated carbocycles. The summed E-state index contributed by atoms with van der Waals surface area (Å²) in [5, 5.41) is 0. The lowest BCUT2D eigenvalue weighted by molar-refractivity contribution is 0.230. The molecule has 1 heteroatoms. The molecule has 0 aromatic heterocycles. The van der Waals surface area contributed by atoms with Crippen LogP contribution in [0.4, 0.5) is 0 Å². The van der Waals surface area contributed by atoms with Gasteiger partial charge < -0.3 is 4.90 Å². The van der Waals surface area contributed by atoms with Crippen molar-refractivity contribution in [1.29, 1.82) is 0 Å². The van der Waals surface area contributed by atoms with Crippen LogP contribution in [-0.2, 0) is 0 Å². The van der Waals surface area contributed by atoms with Crippen molar-refractivity contribution < 1.29 is 0 Å². The maximum absolute atomic E-state index is 3.55. The first-order valence-corrected chi connectivity index (χ1v) is 7.50. The largest absolute Gasteiger partial charge is 0.306 e. The van der Waals surface area contributed by atoms with Gasteiger partial charge in [-0.1, -0.05) is 54.0 Å². The Morgan fingerprint density at radius 3 is 1.71 bits per heavy atom. The van der Waals surface area contributed by atoms with Crippen molar-refractivity contribution in [3.63, 3.8) is 0 Å². The van der Waals surface area contributed by atoms with Crippen molar-refractivity contribution in [2.45, 2.75) is 67.2 Å². The minimum atomic E-state index is 0.978. The van der Waals surface area contributed by atoms with E-state index < -0.39 is 0 Å². The van der Waals surface area contributed by atoms with Crippen molar-refractivity contribution in [1.82, 2.24) is 4.90 Å². The van der Waals surface area contributed by atoms with Crippen LogP contribution in [0.5, 0.6) is 0 Å². The van der Waals surface area contributed by atoms with Crippen LogP contribution in [0.1, 0.15) is 67.2 Å². The molecule has 0 aromatic carbocycles. The second-order valence-electron chi connectivity index (χ2n) is 4.06.